The third kappa shape index (κ3) is 3.02. The maximum atomic E-state index is 12.5. The van der Waals surface area contributed by atoms with E-state index in [1.807, 2.05) is 42.0 Å². The Balaban J connectivity index is 2.01. The molecule has 0 spiro atoms. The predicted octanol–water partition coefficient (Wildman–Crippen LogP) is 3.68. The van der Waals surface area contributed by atoms with Crippen LogP contribution >= 0.6 is 23.2 Å². The van der Waals surface area contributed by atoms with Gasteiger partial charge in [0, 0.05) is 31.5 Å². The van der Waals surface area contributed by atoms with Crippen molar-refractivity contribution in [1.82, 2.24) is 9.13 Å². The van der Waals surface area contributed by atoms with E-state index in [0.717, 1.165) is 11.1 Å². The minimum atomic E-state index is -0.0229. The first-order chi connectivity index (χ1) is 11.0. The van der Waals surface area contributed by atoms with Crippen molar-refractivity contribution >= 4 is 34.1 Å². The number of pyridine rings is 1. The van der Waals surface area contributed by atoms with Gasteiger partial charge >= 0.3 is 0 Å². The highest BCUT2D eigenvalue weighted by Crippen LogP contribution is 2.24. The van der Waals surface area contributed by atoms with Crippen LogP contribution in [0, 0.1) is 0 Å². The summed E-state index contributed by atoms with van der Waals surface area (Å²) in [7, 11) is 0. The fourth-order valence-electron chi connectivity index (χ4n) is 2.64. The molecule has 0 saturated carbocycles. The van der Waals surface area contributed by atoms with Crippen LogP contribution in [0.1, 0.15) is 18.5 Å². The Morgan fingerprint density at radius 1 is 1.13 bits per heavy atom. The van der Waals surface area contributed by atoms with Crippen LogP contribution in [0.15, 0.2) is 47.5 Å². The number of nitrogens with zero attached hydrogens (tertiary/aromatic N) is 2. The van der Waals surface area contributed by atoms with Crippen LogP contribution in [0.5, 0.6) is 0 Å². The summed E-state index contributed by atoms with van der Waals surface area (Å²) < 4.78 is 3.69. The Morgan fingerprint density at radius 2 is 1.91 bits per heavy atom. The van der Waals surface area contributed by atoms with E-state index < -0.39 is 0 Å². The number of hydrogen-bond donors (Lipinski definition) is 1. The molecule has 0 aliphatic carbocycles. The number of fused-ring (bicyclic) bond motifs is 1. The van der Waals surface area contributed by atoms with Crippen molar-refractivity contribution in [3.63, 3.8) is 0 Å². The molecule has 6 heteroatoms. The molecule has 2 heterocycles. The van der Waals surface area contributed by atoms with Crippen LogP contribution < -0.4 is 11.3 Å². The van der Waals surface area contributed by atoms with Gasteiger partial charge in [-0.25, -0.2) is 0 Å². The zero-order valence-corrected chi connectivity index (χ0v) is 14.2. The molecule has 0 radical (unpaired) electrons. The Bertz CT molecular complexity index is 914. The molecular formula is C17H17Cl2N3O. The number of nitrogens with two attached hydrogens (primary N) is 1. The average molecular weight is 350 g/mol. The van der Waals surface area contributed by atoms with E-state index in [9.17, 15) is 4.79 Å². The molecule has 1 aromatic carbocycles. The zero-order chi connectivity index (χ0) is 16.6. The van der Waals surface area contributed by atoms with Gasteiger partial charge in [-0.1, -0.05) is 29.3 Å². The van der Waals surface area contributed by atoms with Gasteiger partial charge in [-0.3, -0.25) is 4.79 Å². The van der Waals surface area contributed by atoms with Crippen molar-refractivity contribution in [2.45, 2.75) is 19.5 Å². The van der Waals surface area contributed by atoms with Gasteiger partial charge in [0.2, 0.25) is 0 Å². The molecule has 4 nitrogen and oxygen atoms in total. The number of aromatic nitrogens is 2. The first-order valence-electron chi connectivity index (χ1n) is 7.35. The fourth-order valence-corrected chi connectivity index (χ4v) is 2.96. The molecule has 1 unspecified atom stereocenters. The van der Waals surface area contributed by atoms with Gasteiger partial charge in [0.25, 0.3) is 5.56 Å². The highest BCUT2D eigenvalue weighted by Gasteiger charge is 2.11. The minimum Gasteiger partial charge on any atom is -0.343 e. The van der Waals surface area contributed by atoms with Crippen LogP contribution in [-0.2, 0) is 6.54 Å². The lowest BCUT2D eigenvalue weighted by Crippen LogP contribution is -2.27. The summed E-state index contributed by atoms with van der Waals surface area (Å²) in [6.07, 6.45) is 3.71. The van der Waals surface area contributed by atoms with Crippen molar-refractivity contribution in [2.24, 2.45) is 5.73 Å². The first-order valence-corrected chi connectivity index (χ1v) is 8.11. The molecule has 0 fully saturated rings. The van der Waals surface area contributed by atoms with Crippen LogP contribution in [0.3, 0.4) is 0 Å². The maximum absolute atomic E-state index is 12.5. The first kappa shape index (κ1) is 16.1. The van der Waals surface area contributed by atoms with E-state index >= 15 is 0 Å². The van der Waals surface area contributed by atoms with Crippen LogP contribution in [0.4, 0.5) is 0 Å². The normalized spacial score (nSPS) is 12.7. The summed E-state index contributed by atoms with van der Waals surface area (Å²) in [6.45, 7) is 2.98. The van der Waals surface area contributed by atoms with Gasteiger partial charge in [0.15, 0.2) is 0 Å². The molecule has 0 bridgehead atoms. The fraction of sp³-hybridized carbons (Fsp3) is 0.235. The lowest BCUT2D eigenvalue weighted by molar-refractivity contribution is 0.543. The number of halogens is 2. The molecule has 120 valence electrons. The molecular weight excluding hydrogens is 333 g/mol. The molecule has 3 aromatic rings. The van der Waals surface area contributed by atoms with Crippen molar-refractivity contribution < 1.29 is 0 Å². The molecule has 0 saturated heterocycles. The summed E-state index contributed by atoms with van der Waals surface area (Å²) in [5.41, 5.74) is 7.56. The Labute approximate surface area is 144 Å². The second-order valence-electron chi connectivity index (χ2n) is 5.60. The second kappa shape index (κ2) is 6.40. The van der Waals surface area contributed by atoms with E-state index in [4.69, 9.17) is 28.9 Å². The molecule has 1 atom stereocenters. The van der Waals surface area contributed by atoms with Gasteiger partial charge in [-0.2, -0.15) is 0 Å². The van der Waals surface area contributed by atoms with E-state index in [-0.39, 0.29) is 11.6 Å². The minimum absolute atomic E-state index is 0.0201. The Morgan fingerprint density at radius 3 is 2.61 bits per heavy atom. The van der Waals surface area contributed by atoms with Crippen LogP contribution in [-0.4, -0.2) is 15.7 Å². The standard InChI is InChI=1S/C17H17Cl2N3O/c1-11(9-20)22-7-5-16-13(17(22)23)4-6-21(16)10-12-2-3-14(18)15(19)8-12/h2-8,11H,9-10,20H2,1H3. The Hall–Kier alpha value is -1.75. The molecule has 3 rings (SSSR count). The lowest BCUT2D eigenvalue weighted by Gasteiger charge is -2.13. The van der Waals surface area contributed by atoms with Gasteiger partial charge in [-0.15, -0.1) is 0 Å². The summed E-state index contributed by atoms with van der Waals surface area (Å²) in [5, 5.41) is 1.75. The topological polar surface area (TPSA) is 52.9 Å². The second-order valence-corrected chi connectivity index (χ2v) is 6.42. The summed E-state index contributed by atoms with van der Waals surface area (Å²) in [6, 6.07) is 9.31. The molecule has 0 amide bonds. The Kier molecular flexibility index (Phi) is 4.48. The van der Waals surface area contributed by atoms with Crippen molar-refractivity contribution in [3.05, 3.63) is 68.7 Å². The zero-order valence-electron chi connectivity index (χ0n) is 12.7. The SMILES string of the molecule is CC(CN)n1ccc2c(ccn2Cc2ccc(Cl)c(Cl)c2)c1=O. The predicted molar refractivity (Wildman–Crippen MR) is 95.5 cm³/mol. The van der Waals surface area contributed by atoms with Gasteiger partial charge in [-0.05, 0) is 36.8 Å². The van der Waals surface area contributed by atoms with Crippen LogP contribution in [0.25, 0.3) is 10.9 Å². The smallest absolute Gasteiger partial charge is 0.260 e. The largest absolute Gasteiger partial charge is 0.343 e. The van der Waals surface area contributed by atoms with E-state index in [1.54, 1.807) is 16.8 Å². The summed E-state index contributed by atoms with van der Waals surface area (Å²) >= 11 is 12.0. The number of rotatable bonds is 4. The molecule has 0 aliphatic heterocycles. The molecule has 2 N–H and O–H groups in total. The van der Waals surface area contributed by atoms with Crippen molar-refractivity contribution in [2.75, 3.05) is 6.54 Å². The maximum Gasteiger partial charge on any atom is 0.260 e. The molecule has 0 aliphatic rings. The highest BCUT2D eigenvalue weighted by molar-refractivity contribution is 6.42. The van der Waals surface area contributed by atoms with Gasteiger partial charge in [0.05, 0.1) is 20.9 Å². The monoisotopic (exact) mass is 349 g/mol. The van der Waals surface area contributed by atoms with Gasteiger partial charge in [0.1, 0.15) is 0 Å². The van der Waals surface area contributed by atoms with Crippen molar-refractivity contribution in [1.29, 1.82) is 0 Å². The van der Waals surface area contributed by atoms with Gasteiger partial charge < -0.3 is 14.9 Å². The lowest BCUT2D eigenvalue weighted by atomic mass is 10.2. The quantitative estimate of drug-likeness (QED) is 0.780. The number of benzene rings is 1. The average Bonchev–Trinajstić information content (AvgIpc) is 2.94. The number of hydrogen-bond acceptors (Lipinski definition) is 2. The summed E-state index contributed by atoms with van der Waals surface area (Å²) in [4.78, 5) is 12.5. The van der Waals surface area contributed by atoms with E-state index in [1.165, 1.54) is 0 Å². The third-order valence-electron chi connectivity index (χ3n) is 4.02. The van der Waals surface area contributed by atoms with Crippen molar-refractivity contribution in [3.8, 4) is 0 Å². The van der Waals surface area contributed by atoms with Crippen LogP contribution in [0.2, 0.25) is 10.0 Å². The summed E-state index contributed by atoms with van der Waals surface area (Å²) in [5.74, 6) is 0. The van der Waals surface area contributed by atoms with E-state index in [0.29, 0.717) is 28.5 Å². The third-order valence-corrected chi connectivity index (χ3v) is 4.76. The molecule has 2 aromatic heterocycles. The van der Waals surface area contributed by atoms with E-state index in [2.05, 4.69) is 0 Å². The molecule has 23 heavy (non-hydrogen) atoms. The highest BCUT2D eigenvalue weighted by atomic mass is 35.5.